The van der Waals surface area contributed by atoms with E-state index < -0.39 is 5.41 Å². The van der Waals surface area contributed by atoms with E-state index in [1.165, 1.54) is 11.1 Å². The average molecular weight is 558 g/mol. The summed E-state index contributed by atoms with van der Waals surface area (Å²) < 4.78 is 6.18. The van der Waals surface area contributed by atoms with Crippen LogP contribution in [0, 0.1) is 11.3 Å². The number of hydrogen-bond acceptors (Lipinski definition) is 6. The first-order valence-electron chi connectivity index (χ1n) is 14.5. The van der Waals surface area contributed by atoms with Crippen LogP contribution in [0.4, 0.5) is 11.4 Å². The number of benzene rings is 1. The van der Waals surface area contributed by atoms with Crippen molar-refractivity contribution in [1.82, 2.24) is 14.9 Å². The van der Waals surface area contributed by atoms with Gasteiger partial charge in [-0.05, 0) is 80.5 Å². The molecule has 0 fully saturated rings. The van der Waals surface area contributed by atoms with Gasteiger partial charge in [0.1, 0.15) is 11.2 Å². The van der Waals surface area contributed by atoms with Gasteiger partial charge in [-0.15, -0.1) is 0 Å². The predicted molar refractivity (Wildman–Crippen MR) is 163 cm³/mol. The first kappa shape index (κ1) is 30.2. The maximum Gasteiger partial charge on any atom is 0.242 e. The molecule has 0 N–H and O–H groups in total. The van der Waals surface area contributed by atoms with E-state index in [9.17, 15) is 9.59 Å². The summed E-state index contributed by atoms with van der Waals surface area (Å²) in [5, 5.41) is 0. The molecule has 1 aliphatic rings. The van der Waals surface area contributed by atoms with Crippen molar-refractivity contribution in [3.63, 3.8) is 0 Å². The molecule has 0 unspecified atom stereocenters. The lowest BCUT2D eigenvalue weighted by molar-refractivity contribution is -0.137. The molecule has 218 valence electrons. The lowest BCUT2D eigenvalue weighted by atomic mass is 9.90. The Kier molecular flexibility index (Phi) is 10.1. The van der Waals surface area contributed by atoms with Crippen LogP contribution in [0.2, 0.25) is 0 Å². The van der Waals surface area contributed by atoms with Gasteiger partial charge < -0.3 is 14.5 Å². The van der Waals surface area contributed by atoms with Gasteiger partial charge in [0.2, 0.25) is 11.8 Å². The maximum absolute atomic E-state index is 13.5. The number of amides is 2. The molecule has 2 amide bonds. The average Bonchev–Trinajstić information content (AvgIpc) is 3.02. The monoisotopic (exact) mass is 557 g/mol. The SMILES string of the molecule is CC(C)CCN1C(=O)C(C)(C)C(=O)N(C)c2cc(OCCCN(CCc3cccnc3)Cc3ccncc3)ccc21. The molecule has 0 saturated carbocycles. The maximum atomic E-state index is 13.5. The van der Waals surface area contributed by atoms with Crippen molar-refractivity contribution < 1.29 is 14.3 Å². The number of fused-ring (bicyclic) bond motifs is 1. The van der Waals surface area contributed by atoms with E-state index in [1.54, 1.807) is 36.9 Å². The summed E-state index contributed by atoms with van der Waals surface area (Å²) >= 11 is 0. The molecule has 0 aliphatic carbocycles. The molecule has 3 aromatic rings. The van der Waals surface area contributed by atoms with Crippen molar-refractivity contribution in [2.75, 3.05) is 43.1 Å². The first-order chi connectivity index (χ1) is 19.7. The lowest BCUT2D eigenvalue weighted by Crippen LogP contribution is -2.47. The summed E-state index contributed by atoms with van der Waals surface area (Å²) in [6.45, 7) is 11.4. The number of carbonyl (C=O) groups is 2. The van der Waals surface area contributed by atoms with E-state index in [0.717, 1.165) is 44.6 Å². The van der Waals surface area contributed by atoms with Gasteiger partial charge in [-0.3, -0.25) is 24.5 Å². The van der Waals surface area contributed by atoms with Gasteiger partial charge in [0.15, 0.2) is 0 Å². The molecule has 1 aromatic carbocycles. The number of rotatable bonds is 13. The molecular weight excluding hydrogens is 514 g/mol. The van der Waals surface area contributed by atoms with Gasteiger partial charge in [-0.1, -0.05) is 19.9 Å². The van der Waals surface area contributed by atoms with Crippen molar-refractivity contribution in [3.05, 3.63) is 78.4 Å². The van der Waals surface area contributed by atoms with Gasteiger partial charge in [-0.2, -0.15) is 0 Å². The van der Waals surface area contributed by atoms with Gasteiger partial charge >= 0.3 is 0 Å². The van der Waals surface area contributed by atoms with Crippen LogP contribution in [0.25, 0.3) is 0 Å². The Hall–Kier alpha value is -3.78. The third-order valence-electron chi connectivity index (χ3n) is 7.63. The van der Waals surface area contributed by atoms with Crippen molar-refractivity contribution in [2.45, 2.75) is 53.5 Å². The highest BCUT2D eigenvalue weighted by Gasteiger charge is 2.45. The van der Waals surface area contributed by atoms with E-state index >= 15 is 0 Å². The Morgan fingerprint density at radius 2 is 1.71 bits per heavy atom. The quantitative estimate of drug-likeness (QED) is 0.208. The molecule has 0 radical (unpaired) electrons. The molecule has 8 heteroatoms. The molecule has 2 aromatic heterocycles. The standard InChI is InChI=1S/C33H43N5O3/c1-25(2)13-20-38-29-10-9-28(22-30(29)36(5)31(39)33(3,4)32(38)40)41-21-7-18-37(24-27-11-16-34-17-12-27)19-14-26-8-6-15-35-23-26/h6,8-12,15-17,22-23,25H,7,13-14,18-21,24H2,1-5H3. The fraction of sp³-hybridized carbons (Fsp3) is 0.455. The minimum atomic E-state index is -1.14. The Morgan fingerprint density at radius 1 is 0.927 bits per heavy atom. The Balaban J connectivity index is 1.42. The molecule has 8 nitrogen and oxygen atoms in total. The molecule has 0 spiro atoms. The van der Waals surface area contributed by atoms with E-state index in [0.29, 0.717) is 30.5 Å². The van der Waals surface area contributed by atoms with Crippen molar-refractivity contribution in [2.24, 2.45) is 11.3 Å². The highest BCUT2D eigenvalue weighted by molar-refractivity contribution is 6.20. The molecule has 1 aliphatic heterocycles. The van der Waals surface area contributed by atoms with Crippen LogP contribution in [0.3, 0.4) is 0 Å². The summed E-state index contributed by atoms with van der Waals surface area (Å²) in [4.78, 5) is 41.0. The molecule has 0 saturated heterocycles. The number of aromatic nitrogens is 2. The Bertz CT molecular complexity index is 1300. The normalized spacial score (nSPS) is 14.9. The van der Waals surface area contributed by atoms with Crippen LogP contribution in [0.1, 0.15) is 51.7 Å². The fourth-order valence-corrected chi connectivity index (χ4v) is 5.09. The number of carbonyl (C=O) groups excluding carboxylic acids is 2. The van der Waals surface area contributed by atoms with E-state index in [4.69, 9.17) is 4.74 Å². The fourth-order valence-electron chi connectivity index (χ4n) is 5.09. The summed E-state index contributed by atoms with van der Waals surface area (Å²) in [5.41, 5.74) is 2.76. The van der Waals surface area contributed by atoms with Crippen LogP contribution in [-0.2, 0) is 22.6 Å². The molecule has 0 atom stereocenters. The van der Waals surface area contributed by atoms with Crippen LogP contribution in [0.5, 0.6) is 5.75 Å². The zero-order valence-corrected chi connectivity index (χ0v) is 25.0. The zero-order chi connectivity index (χ0) is 29.4. The van der Waals surface area contributed by atoms with Gasteiger partial charge in [0, 0.05) is 64.1 Å². The van der Waals surface area contributed by atoms with E-state index in [2.05, 4.69) is 46.9 Å². The Labute approximate surface area is 244 Å². The van der Waals surface area contributed by atoms with Gasteiger partial charge in [0.25, 0.3) is 0 Å². The molecule has 0 bridgehead atoms. The highest BCUT2D eigenvalue weighted by atomic mass is 16.5. The van der Waals surface area contributed by atoms with Gasteiger partial charge in [-0.25, -0.2) is 0 Å². The number of nitrogens with zero attached hydrogens (tertiary/aromatic N) is 5. The third kappa shape index (κ3) is 7.70. The smallest absolute Gasteiger partial charge is 0.242 e. The van der Waals surface area contributed by atoms with Crippen molar-refractivity contribution >= 4 is 23.2 Å². The minimum absolute atomic E-state index is 0.164. The summed E-state index contributed by atoms with van der Waals surface area (Å²) in [6.07, 6.45) is 10.0. The zero-order valence-electron chi connectivity index (χ0n) is 25.0. The predicted octanol–water partition coefficient (Wildman–Crippen LogP) is 5.37. The summed E-state index contributed by atoms with van der Waals surface area (Å²) in [6, 6.07) is 13.9. The molecule has 4 rings (SSSR count). The lowest BCUT2D eigenvalue weighted by Gasteiger charge is -2.28. The van der Waals surface area contributed by atoms with Crippen LogP contribution >= 0.6 is 0 Å². The Morgan fingerprint density at radius 3 is 2.41 bits per heavy atom. The number of ether oxygens (including phenoxy) is 1. The molecule has 3 heterocycles. The summed E-state index contributed by atoms with van der Waals surface area (Å²) in [5.74, 6) is 0.753. The minimum Gasteiger partial charge on any atom is -0.493 e. The third-order valence-corrected chi connectivity index (χ3v) is 7.63. The molecular formula is C33H43N5O3. The largest absolute Gasteiger partial charge is 0.493 e. The first-order valence-corrected chi connectivity index (χ1v) is 14.5. The second kappa shape index (κ2) is 13.7. The topological polar surface area (TPSA) is 78.9 Å². The van der Waals surface area contributed by atoms with Crippen molar-refractivity contribution in [1.29, 1.82) is 0 Å². The van der Waals surface area contributed by atoms with Gasteiger partial charge in [0.05, 0.1) is 18.0 Å². The second-order valence-corrected chi connectivity index (χ2v) is 11.7. The number of hydrogen-bond donors (Lipinski definition) is 0. The second-order valence-electron chi connectivity index (χ2n) is 11.7. The van der Waals surface area contributed by atoms with Crippen LogP contribution < -0.4 is 14.5 Å². The number of anilines is 2. The van der Waals surface area contributed by atoms with Crippen molar-refractivity contribution in [3.8, 4) is 5.75 Å². The van der Waals surface area contributed by atoms with E-state index in [-0.39, 0.29) is 11.8 Å². The van der Waals surface area contributed by atoms with Crippen LogP contribution in [-0.4, -0.2) is 60.0 Å². The van der Waals surface area contributed by atoms with Crippen LogP contribution in [0.15, 0.2) is 67.3 Å². The molecule has 41 heavy (non-hydrogen) atoms. The number of pyridine rings is 2. The summed E-state index contributed by atoms with van der Waals surface area (Å²) in [7, 11) is 1.74. The highest BCUT2D eigenvalue weighted by Crippen LogP contribution is 2.40. The van der Waals surface area contributed by atoms with E-state index in [1.807, 2.05) is 42.9 Å².